The van der Waals surface area contributed by atoms with E-state index in [2.05, 4.69) is 41.0 Å². The number of hydrogen-bond acceptors (Lipinski definition) is 4. The van der Waals surface area contributed by atoms with Gasteiger partial charge < -0.3 is 9.64 Å². The molecule has 1 aromatic rings. The van der Waals surface area contributed by atoms with Gasteiger partial charge in [-0.15, -0.1) is 0 Å². The monoisotopic (exact) mass is 303 g/mol. The van der Waals surface area contributed by atoms with Gasteiger partial charge in [-0.25, -0.2) is 0 Å². The lowest BCUT2D eigenvalue weighted by molar-refractivity contribution is -0.133. The van der Waals surface area contributed by atoms with E-state index in [1.165, 1.54) is 31.2 Å². The average Bonchev–Trinajstić information content (AvgIpc) is 2.96. The largest absolute Gasteiger partial charge is 0.372 e. The van der Waals surface area contributed by atoms with Crippen LogP contribution in [0.5, 0.6) is 0 Å². The first-order valence-corrected chi connectivity index (χ1v) is 8.59. The van der Waals surface area contributed by atoms with Crippen LogP contribution in [0.1, 0.15) is 31.2 Å². The second kappa shape index (κ2) is 7.07. The Labute approximate surface area is 134 Å². The van der Waals surface area contributed by atoms with Crippen LogP contribution >= 0.6 is 0 Å². The zero-order valence-corrected chi connectivity index (χ0v) is 14.0. The van der Waals surface area contributed by atoms with E-state index in [0.29, 0.717) is 6.04 Å². The summed E-state index contributed by atoms with van der Waals surface area (Å²) in [4.78, 5) is 9.07. The summed E-state index contributed by atoms with van der Waals surface area (Å²) in [6.07, 6.45) is 10.0. The number of pyridine rings is 1. The molecule has 1 atom stereocenters. The van der Waals surface area contributed by atoms with Crippen molar-refractivity contribution in [3.05, 3.63) is 30.1 Å². The molecule has 3 rings (SSSR count). The van der Waals surface area contributed by atoms with Crippen molar-refractivity contribution < 1.29 is 4.74 Å². The summed E-state index contributed by atoms with van der Waals surface area (Å²) in [6, 6.07) is 4.78. The predicted molar refractivity (Wildman–Crippen MR) is 89.0 cm³/mol. The van der Waals surface area contributed by atoms with Crippen LogP contribution in [0, 0.1) is 0 Å². The summed E-state index contributed by atoms with van der Waals surface area (Å²) < 4.78 is 6.34. The maximum atomic E-state index is 6.34. The Bertz CT molecular complexity index is 457. The fourth-order valence-electron chi connectivity index (χ4n) is 3.92. The van der Waals surface area contributed by atoms with Crippen molar-refractivity contribution in [2.45, 2.75) is 43.7 Å². The summed E-state index contributed by atoms with van der Waals surface area (Å²) in [5.74, 6) is 0. The van der Waals surface area contributed by atoms with Gasteiger partial charge in [-0.05, 0) is 51.1 Å². The van der Waals surface area contributed by atoms with Crippen LogP contribution in [0.4, 0.5) is 0 Å². The minimum absolute atomic E-state index is 0.154. The fourth-order valence-corrected chi connectivity index (χ4v) is 3.92. The maximum Gasteiger partial charge on any atom is 0.0809 e. The first-order chi connectivity index (χ1) is 10.7. The molecule has 1 saturated heterocycles. The van der Waals surface area contributed by atoms with Crippen molar-refractivity contribution in [3.63, 3.8) is 0 Å². The lowest BCUT2D eigenvalue weighted by atomic mass is 9.97. The number of rotatable bonds is 5. The smallest absolute Gasteiger partial charge is 0.0809 e. The van der Waals surface area contributed by atoms with Crippen LogP contribution in [0.2, 0.25) is 0 Å². The second-order valence-electron chi connectivity index (χ2n) is 7.19. The van der Waals surface area contributed by atoms with E-state index >= 15 is 0 Å². The molecule has 4 heteroatoms. The van der Waals surface area contributed by atoms with Crippen molar-refractivity contribution in [3.8, 4) is 0 Å². The third-order valence-corrected chi connectivity index (χ3v) is 5.12. The molecule has 2 fully saturated rings. The summed E-state index contributed by atoms with van der Waals surface area (Å²) in [7, 11) is 4.31. The molecule has 4 nitrogen and oxygen atoms in total. The van der Waals surface area contributed by atoms with E-state index in [9.17, 15) is 0 Å². The summed E-state index contributed by atoms with van der Waals surface area (Å²) in [5.41, 5.74) is 1.53. The van der Waals surface area contributed by atoms with Crippen LogP contribution in [-0.4, -0.2) is 66.8 Å². The van der Waals surface area contributed by atoms with Gasteiger partial charge in [-0.3, -0.25) is 9.88 Å². The minimum atomic E-state index is 0.154. The highest BCUT2D eigenvalue weighted by Gasteiger charge is 2.42. The third kappa shape index (κ3) is 3.86. The number of likely N-dealkylation sites (N-methyl/N-ethyl adjacent to an activating group) is 1. The molecule has 1 saturated carbocycles. The quantitative estimate of drug-likeness (QED) is 0.834. The van der Waals surface area contributed by atoms with Gasteiger partial charge in [0.1, 0.15) is 0 Å². The van der Waals surface area contributed by atoms with E-state index in [4.69, 9.17) is 4.74 Å². The second-order valence-corrected chi connectivity index (χ2v) is 7.19. The Hall–Kier alpha value is -0.970. The molecule has 122 valence electrons. The molecule has 2 heterocycles. The van der Waals surface area contributed by atoms with Gasteiger partial charge >= 0.3 is 0 Å². The number of hydrogen-bond donors (Lipinski definition) is 0. The number of morpholine rings is 1. The van der Waals surface area contributed by atoms with Crippen molar-refractivity contribution in [1.29, 1.82) is 0 Å². The summed E-state index contributed by atoms with van der Waals surface area (Å²) in [5, 5.41) is 0. The van der Waals surface area contributed by atoms with Crippen molar-refractivity contribution in [2.75, 3.05) is 40.3 Å². The Morgan fingerprint density at radius 1 is 1.27 bits per heavy atom. The highest BCUT2D eigenvalue weighted by Crippen LogP contribution is 2.37. The van der Waals surface area contributed by atoms with Gasteiger partial charge in [-0.1, -0.05) is 12.8 Å². The summed E-state index contributed by atoms with van der Waals surface area (Å²) >= 11 is 0. The molecule has 0 radical (unpaired) electrons. The Morgan fingerprint density at radius 2 is 2.00 bits per heavy atom. The highest BCUT2D eigenvalue weighted by molar-refractivity contribution is 5.10. The zero-order chi connectivity index (χ0) is 15.4. The molecule has 1 aliphatic heterocycles. The SMILES string of the molecule is CN(C)CC1COC2(CCCC2)CN1CCc1ccncc1. The third-order valence-electron chi connectivity index (χ3n) is 5.12. The van der Waals surface area contributed by atoms with Crippen LogP contribution in [0.15, 0.2) is 24.5 Å². The van der Waals surface area contributed by atoms with Gasteiger partial charge in [0, 0.05) is 38.1 Å². The molecule has 0 aromatic carbocycles. The molecule has 1 unspecified atom stereocenters. The first-order valence-electron chi connectivity index (χ1n) is 8.59. The normalized spacial score (nSPS) is 25.1. The van der Waals surface area contributed by atoms with Crippen LogP contribution in [0.3, 0.4) is 0 Å². The average molecular weight is 303 g/mol. The van der Waals surface area contributed by atoms with Crippen molar-refractivity contribution in [1.82, 2.24) is 14.8 Å². The van der Waals surface area contributed by atoms with Gasteiger partial charge in [-0.2, -0.15) is 0 Å². The van der Waals surface area contributed by atoms with Gasteiger partial charge in [0.25, 0.3) is 0 Å². The number of ether oxygens (including phenoxy) is 1. The molecule has 22 heavy (non-hydrogen) atoms. The molecular weight excluding hydrogens is 274 g/mol. The maximum absolute atomic E-state index is 6.34. The van der Waals surface area contributed by atoms with Gasteiger partial charge in [0.2, 0.25) is 0 Å². The lowest BCUT2D eigenvalue weighted by Gasteiger charge is -2.46. The van der Waals surface area contributed by atoms with E-state index in [0.717, 1.165) is 32.7 Å². The van der Waals surface area contributed by atoms with Crippen molar-refractivity contribution in [2.24, 2.45) is 0 Å². The lowest BCUT2D eigenvalue weighted by Crippen LogP contribution is -2.58. The molecule has 1 aromatic heterocycles. The van der Waals surface area contributed by atoms with E-state index in [1.807, 2.05) is 12.4 Å². The standard InChI is InChI=1S/C18H29N3O/c1-20(2)13-17-14-22-18(8-3-4-9-18)15-21(17)12-7-16-5-10-19-11-6-16/h5-6,10-11,17H,3-4,7-9,12-15H2,1-2H3. The molecule has 0 amide bonds. The van der Waals surface area contributed by atoms with Crippen LogP contribution in [0.25, 0.3) is 0 Å². The summed E-state index contributed by atoms with van der Waals surface area (Å²) in [6.45, 7) is 4.19. The first kappa shape index (κ1) is 15.9. The predicted octanol–water partition coefficient (Wildman–Crippen LogP) is 2.20. The fraction of sp³-hybridized carbons (Fsp3) is 0.722. The molecule has 1 aliphatic carbocycles. The number of nitrogens with zero attached hydrogens (tertiary/aromatic N) is 3. The molecule has 0 bridgehead atoms. The Balaban J connectivity index is 1.64. The minimum Gasteiger partial charge on any atom is -0.372 e. The molecular formula is C18H29N3O. The van der Waals surface area contributed by atoms with E-state index in [-0.39, 0.29) is 5.60 Å². The van der Waals surface area contributed by atoms with Gasteiger partial charge in [0.05, 0.1) is 12.2 Å². The van der Waals surface area contributed by atoms with Gasteiger partial charge in [0.15, 0.2) is 0 Å². The molecule has 0 N–H and O–H groups in total. The topological polar surface area (TPSA) is 28.6 Å². The Kier molecular flexibility index (Phi) is 5.11. The van der Waals surface area contributed by atoms with Crippen LogP contribution in [-0.2, 0) is 11.2 Å². The Morgan fingerprint density at radius 3 is 2.68 bits per heavy atom. The molecule has 2 aliphatic rings. The van der Waals surface area contributed by atoms with E-state index in [1.54, 1.807) is 0 Å². The zero-order valence-electron chi connectivity index (χ0n) is 14.0. The highest BCUT2D eigenvalue weighted by atomic mass is 16.5. The van der Waals surface area contributed by atoms with Crippen LogP contribution < -0.4 is 0 Å². The van der Waals surface area contributed by atoms with E-state index < -0.39 is 0 Å². The molecule has 1 spiro atoms. The van der Waals surface area contributed by atoms with Crippen molar-refractivity contribution >= 4 is 0 Å². The number of aromatic nitrogens is 1.